The van der Waals surface area contributed by atoms with Crippen LogP contribution in [0.25, 0.3) is 0 Å². The van der Waals surface area contributed by atoms with Crippen molar-refractivity contribution in [3.8, 4) is 5.75 Å². The van der Waals surface area contributed by atoms with E-state index in [1.54, 1.807) is 0 Å². The van der Waals surface area contributed by atoms with Gasteiger partial charge >= 0.3 is 5.82 Å². The summed E-state index contributed by atoms with van der Waals surface area (Å²) < 4.78 is 5.86. The zero-order valence-corrected chi connectivity index (χ0v) is 14.2. The fraction of sp³-hybridized carbons (Fsp3) is 0.100. The molecule has 1 unspecified atom stereocenters. The van der Waals surface area contributed by atoms with Gasteiger partial charge in [0.1, 0.15) is 0 Å². The van der Waals surface area contributed by atoms with E-state index in [0.29, 0.717) is 11.3 Å². The summed E-state index contributed by atoms with van der Waals surface area (Å²) in [6.07, 6.45) is -0.828. The number of carbonyl (C=O) groups excluding carboxylic acids is 1. The van der Waals surface area contributed by atoms with E-state index in [4.69, 9.17) is 4.74 Å². The summed E-state index contributed by atoms with van der Waals surface area (Å²) in [7, 11) is 0. The second kappa shape index (κ2) is 6.87. The molecule has 0 N–H and O–H groups in total. The Morgan fingerprint density at radius 1 is 1.00 bits per heavy atom. The normalized spacial score (nSPS) is 15.8. The fourth-order valence-corrected chi connectivity index (χ4v) is 2.99. The van der Waals surface area contributed by atoms with Crippen LogP contribution < -0.4 is 9.64 Å². The summed E-state index contributed by atoms with van der Waals surface area (Å²) in [5.74, 6) is -0.151. The number of fused-ring (bicyclic) bond motifs is 1. The van der Waals surface area contributed by atoms with E-state index in [-0.39, 0.29) is 24.1 Å². The van der Waals surface area contributed by atoms with Crippen LogP contribution in [0.5, 0.6) is 5.75 Å². The highest BCUT2D eigenvalue weighted by Gasteiger charge is 2.39. The van der Waals surface area contributed by atoms with Gasteiger partial charge in [0.05, 0.1) is 6.54 Å². The van der Waals surface area contributed by atoms with Crippen molar-refractivity contribution in [2.75, 3.05) is 4.90 Å². The Bertz CT molecular complexity index is 993. The van der Waals surface area contributed by atoms with Crippen LogP contribution in [0, 0.1) is 10.1 Å². The number of nitrogens with zero attached hydrogens (tertiary/aromatic N) is 3. The number of amides is 1. The first-order valence-corrected chi connectivity index (χ1v) is 8.36. The van der Waals surface area contributed by atoms with Gasteiger partial charge < -0.3 is 14.9 Å². The molecular formula is C20H15N3O4. The molecular weight excluding hydrogens is 346 g/mol. The SMILES string of the molecule is O=C1C(c2ccccc2)Oc2ccc([N+](=O)[O-])nc2N1Cc1ccccc1. The summed E-state index contributed by atoms with van der Waals surface area (Å²) in [6.45, 7) is 0.244. The largest absolute Gasteiger partial charge is 0.469 e. The van der Waals surface area contributed by atoms with Crippen molar-refractivity contribution in [2.45, 2.75) is 12.6 Å². The molecule has 134 valence electrons. The van der Waals surface area contributed by atoms with Gasteiger partial charge in [-0.1, -0.05) is 60.7 Å². The molecule has 1 aliphatic heterocycles. The second-order valence-corrected chi connectivity index (χ2v) is 6.07. The maximum Gasteiger partial charge on any atom is 0.366 e. The van der Waals surface area contributed by atoms with Crippen molar-refractivity contribution < 1.29 is 14.5 Å². The average Bonchev–Trinajstić information content (AvgIpc) is 2.71. The van der Waals surface area contributed by atoms with E-state index in [2.05, 4.69) is 4.98 Å². The fourth-order valence-electron chi connectivity index (χ4n) is 2.99. The van der Waals surface area contributed by atoms with Gasteiger partial charge in [-0.15, -0.1) is 0 Å². The second-order valence-electron chi connectivity index (χ2n) is 6.07. The molecule has 0 radical (unpaired) electrons. The van der Waals surface area contributed by atoms with Gasteiger partial charge in [0.25, 0.3) is 11.7 Å². The molecule has 2 aromatic carbocycles. The van der Waals surface area contributed by atoms with E-state index in [1.165, 1.54) is 17.0 Å². The maximum atomic E-state index is 13.2. The predicted molar refractivity (Wildman–Crippen MR) is 98.3 cm³/mol. The summed E-state index contributed by atoms with van der Waals surface area (Å²) >= 11 is 0. The number of hydrogen-bond acceptors (Lipinski definition) is 5. The Morgan fingerprint density at radius 3 is 2.33 bits per heavy atom. The molecule has 3 aromatic rings. The molecule has 1 aromatic heterocycles. The first-order valence-electron chi connectivity index (χ1n) is 8.36. The molecule has 0 bridgehead atoms. The molecule has 1 amide bonds. The van der Waals surface area contributed by atoms with E-state index >= 15 is 0 Å². The van der Waals surface area contributed by atoms with Gasteiger partial charge in [0, 0.05) is 11.6 Å². The monoisotopic (exact) mass is 361 g/mol. The molecule has 0 saturated heterocycles. The number of rotatable bonds is 4. The van der Waals surface area contributed by atoms with Crippen LogP contribution in [0.2, 0.25) is 0 Å². The van der Waals surface area contributed by atoms with Gasteiger partial charge in [-0.2, -0.15) is 0 Å². The molecule has 2 heterocycles. The van der Waals surface area contributed by atoms with Crippen LogP contribution in [0.1, 0.15) is 17.2 Å². The highest BCUT2D eigenvalue weighted by Crippen LogP contribution is 2.39. The van der Waals surface area contributed by atoms with E-state index in [9.17, 15) is 14.9 Å². The number of nitro groups is 1. The van der Waals surface area contributed by atoms with Gasteiger partial charge in [-0.05, 0) is 21.5 Å². The van der Waals surface area contributed by atoms with Gasteiger partial charge in [0.2, 0.25) is 6.10 Å². The number of aromatic nitrogens is 1. The molecule has 7 heteroatoms. The zero-order valence-electron chi connectivity index (χ0n) is 14.2. The lowest BCUT2D eigenvalue weighted by atomic mass is 10.1. The standard InChI is InChI=1S/C20H15N3O4/c24-20-18(15-9-5-2-6-10-15)27-16-11-12-17(23(25)26)21-19(16)22(20)13-14-7-3-1-4-8-14/h1-12,18H,13H2. The Hall–Kier alpha value is -3.74. The average molecular weight is 361 g/mol. The van der Waals surface area contributed by atoms with Crippen molar-refractivity contribution in [1.29, 1.82) is 0 Å². The number of benzene rings is 2. The van der Waals surface area contributed by atoms with E-state index < -0.39 is 11.0 Å². The molecule has 1 atom stereocenters. The maximum absolute atomic E-state index is 13.2. The molecule has 1 aliphatic rings. The summed E-state index contributed by atoms with van der Waals surface area (Å²) in [6, 6.07) is 21.3. The molecule has 7 nitrogen and oxygen atoms in total. The number of pyridine rings is 1. The van der Waals surface area contributed by atoms with Crippen LogP contribution >= 0.6 is 0 Å². The van der Waals surface area contributed by atoms with Crippen molar-refractivity contribution >= 4 is 17.5 Å². The Balaban J connectivity index is 1.79. The molecule has 27 heavy (non-hydrogen) atoms. The number of anilines is 1. The first kappa shape index (κ1) is 16.7. The third-order valence-electron chi connectivity index (χ3n) is 4.29. The molecule has 0 fully saturated rings. The van der Waals surface area contributed by atoms with Crippen LogP contribution in [0.3, 0.4) is 0 Å². The van der Waals surface area contributed by atoms with Crippen LogP contribution in [0.4, 0.5) is 11.6 Å². The minimum atomic E-state index is -0.828. The lowest BCUT2D eigenvalue weighted by Crippen LogP contribution is -2.41. The van der Waals surface area contributed by atoms with E-state index in [1.807, 2.05) is 60.7 Å². The van der Waals surface area contributed by atoms with Crippen molar-refractivity contribution in [1.82, 2.24) is 4.98 Å². The lowest BCUT2D eigenvalue weighted by Gasteiger charge is -2.31. The Kier molecular flexibility index (Phi) is 4.25. The zero-order chi connectivity index (χ0) is 18.8. The Morgan fingerprint density at radius 2 is 1.67 bits per heavy atom. The summed E-state index contributed by atoms with van der Waals surface area (Å²) in [5, 5.41) is 11.1. The smallest absolute Gasteiger partial charge is 0.366 e. The van der Waals surface area contributed by atoms with Gasteiger partial charge in [-0.25, -0.2) is 0 Å². The van der Waals surface area contributed by atoms with Crippen LogP contribution in [0.15, 0.2) is 72.8 Å². The number of hydrogen-bond donors (Lipinski definition) is 0. The van der Waals surface area contributed by atoms with Crippen LogP contribution in [-0.2, 0) is 11.3 Å². The highest BCUT2D eigenvalue weighted by atomic mass is 16.6. The molecule has 0 saturated carbocycles. The molecule has 0 spiro atoms. The summed E-state index contributed by atoms with van der Waals surface area (Å²) in [4.78, 5) is 29.2. The third-order valence-corrected chi connectivity index (χ3v) is 4.29. The minimum absolute atomic E-state index is 0.158. The Labute approximate surface area is 155 Å². The predicted octanol–water partition coefficient (Wildman–Crippen LogP) is 3.66. The summed E-state index contributed by atoms with van der Waals surface area (Å²) in [5.41, 5.74) is 1.60. The van der Waals surface area contributed by atoms with Crippen molar-refractivity contribution in [3.05, 3.63) is 94.0 Å². The minimum Gasteiger partial charge on any atom is -0.469 e. The van der Waals surface area contributed by atoms with Crippen molar-refractivity contribution in [2.24, 2.45) is 0 Å². The van der Waals surface area contributed by atoms with Crippen LogP contribution in [-0.4, -0.2) is 15.8 Å². The third kappa shape index (κ3) is 3.22. The molecule has 4 rings (SSSR count). The topological polar surface area (TPSA) is 85.6 Å². The quantitative estimate of drug-likeness (QED) is 0.523. The highest BCUT2D eigenvalue weighted by molar-refractivity contribution is 5.99. The lowest BCUT2D eigenvalue weighted by molar-refractivity contribution is -0.389. The number of carbonyl (C=O) groups is 1. The number of ether oxygens (including phenoxy) is 1. The first-order chi connectivity index (χ1) is 13.1. The molecule has 0 aliphatic carbocycles. The van der Waals surface area contributed by atoms with Gasteiger partial charge in [0.15, 0.2) is 5.75 Å². The van der Waals surface area contributed by atoms with Crippen molar-refractivity contribution in [3.63, 3.8) is 0 Å². The van der Waals surface area contributed by atoms with E-state index in [0.717, 1.165) is 5.56 Å². The van der Waals surface area contributed by atoms with Gasteiger partial charge in [-0.3, -0.25) is 9.69 Å².